The fourth-order valence-corrected chi connectivity index (χ4v) is 4.07. The van der Waals surface area contributed by atoms with E-state index < -0.39 is 11.7 Å². The van der Waals surface area contributed by atoms with Gasteiger partial charge in [0.05, 0.1) is 30.6 Å². The summed E-state index contributed by atoms with van der Waals surface area (Å²) in [7, 11) is 1.62. The summed E-state index contributed by atoms with van der Waals surface area (Å²) < 4.78 is 16.7. The number of rotatable bonds is 8. The van der Waals surface area contributed by atoms with E-state index in [2.05, 4.69) is 10.1 Å². The number of carbonyl (C=O) groups is 1. The number of hydrogen-bond donors (Lipinski definition) is 0. The molecule has 0 amide bonds. The van der Waals surface area contributed by atoms with Crippen LogP contribution in [-0.4, -0.2) is 27.8 Å². The number of benzene rings is 1. The number of nitrogens with zero attached hydrogens (tertiary/aromatic N) is 3. The topological polar surface area (TPSA) is 96.5 Å². The van der Waals surface area contributed by atoms with Gasteiger partial charge in [0.25, 0.3) is 5.89 Å². The molecule has 154 valence electrons. The molecule has 0 bridgehead atoms. The summed E-state index contributed by atoms with van der Waals surface area (Å²) in [6.45, 7) is 0.153. The highest BCUT2D eigenvalue weighted by Crippen LogP contribution is 2.26. The molecule has 1 aromatic carbocycles. The van der Waals surface area contributed by atoms with Crippen LogP contribution in [0.2, 0.25) is 0 Å². The lowest BCUT2D eigenvalue weighted by Gasteiger charge is -2.02. The third-order valence-corrected chi connectivity index (χ3v) is 5.93. The van der Waals surface area contributed by atoms with Crippen molar-refractivity contribution in [2.45, 2.75) is 19.6 Å². The minimum absolute atomic E-state index is 0.00575. The van der Waals surface area contributed by atoms with Gasteiger partial charge in [-0.05, 0) is 35.7 Å². The molecule has 0 radical (unpaired) electrons. The van der Waals surface area contributed by atoms with Crippen LogP contribution in [0.4, 0.5) is 0 Å². The number of thiophene rings is 1. The van der Waals surface area contributed by atoms with Crippen molar-refractivity contribution in [3.8, 4) is 27.1 Å². The number of aryl methyl sites for hydroxylation is 1. The molecule has 0 aliphatic carbocycles. The summed E-state index contributed by atoms with van der Waals surface area (Å²) in [6, 6.07) is 11.2. The van der Waals surface area contributed by atoms with Gasteiger partial charge in [-0.25, -0.2) is 9.78 Å². The number of hydrogen-bond acceptors (Lipinski definition) is 9. The van der Waals surface area contributed by atoms with Crippen LogP contribution in [0.5, 0.6) is 5.75 Å². The lowest BCUT2D eigenvalue weighted by molar-refractivity contribution is -0.145. The predicted molar refractivity (Wildman–Crippen MR) is 113 cm³/mol. The maximum atomic E-state index is 12.1. The molecule has 0 aliphatic rings. The summed E-state index contributed by atoms with van der Waals surface area (Å²) in [6.07, 6.45) is 0.00575. The van der Waals surface area contributed by atoms with E-state index in [1.54, 1.807) is 7.11 Å². The van der Waals surface area contributed by atoms with Gasteiger partial charge in [0.2, 0.25) is 0 Å². The highest BCUT2D eigenvalue weighted by atomic mass is 32.1. The Morgan fingerprint density at radius 1 is 1.20 bits per heavy atom. The molecule has 3 aromatic heterocycles. The number of carbonyl (C=O) groups excluding carboxylic acids is 1. The molecule has 4 aromatic rings. The van der Waals surface area contributed by atoms with Gasteiger partial charge in [-0.2, -0.15) is 4.68 Å². The molecule has 0 saturated carbocycles. The van der Waals surface area contributed by atoms with Crippen molar-refractivity contribution < 1.29 is 18.7 Å². The van der Waals surface area contributed by atoms with Crippen LogP contribution in [0, 0.1) is 0 Å². The zero-order valence-corrected chi connectivity index (χ0v) is 17.6. The highest BCUT2D eigenvalue weighted by molar-refractivity contribution is 7.13. The fourth-order valence-electron chi connectivity index (χ4n) is 2.61. The molecule has 4 rings (SSSR count). The minimum Gasteiger partial charge on any atom is -0.497 e. The standard InChI is InChI=1S/C20H17N3O5S2/c1-26-15-6-4-13(5-7-15)19-21-14(12-30-19)11-27-17(24)8-9-23-20(25)28-18(22-23)16-3-2-10-29-16/h2-7,10,12H,8-9,11H2,1H3. The molecule has 3 heterocycles. The second-order valence-corrected chi connectivity index (χ2v) is 7.96. The van der Waals surface area contributed by atoms with E-state index in [0.29, 0.717) is 5.69 Å². The van der Waals surface area contributed by atoms with Crippen molar-refractivity contribution in [3.05, 3.63) is 63.4 Å². The van der Waals surface area contributed by atoms with E-state index in [1.165, 1.54) is 22.7 Å². The van der Waals surface area contributed by atoms with Crippen molar-refractivity contribution in [2.75, 3.05) is 7.11 Å². The van der Waals surface area contributed by atoms with Gasteiger partial charge in [0.15, 0.2) is 0 Å². The molecule has 30 heavy (non-hydrogen) atoms. The van der Waals surface area contributed by atoms with Crippen molar-refractivity contribution in [2.24, 2.45) is 0 Å². The first-order chi connectivity index (χ1) is 14.6. The van der Waals surface area contributed by atoms with Crippen LogP contribution < -0.4 is 10.5 Å². The molecule has 0 unspecified atom stereocenters. The van der Waals surface area contributed by atoms with Crippen LogP contribution >= 0.6 is 22.7 Å². The van der Waals surface area contributed by atoms with Crippen molar-refractivity contribution in [1.82, 2.24) is 14.8 Å². The first kappa shape index (κ1) is 20.0. The van der Waals surface area contributed by atoms with Gasteiger partial charge in [-0.15, -0.1) is 27.8 Å². The molecule has 0 atom stereocenters. The Kier molecular flexibility index (Phi) is 6.05. The second kappa shape index (κ2) is 9.06. The van der Waals surface area contributed by atoms with E-state index in [-0.39, 0.29) is 25.5 Å². The quantitative estimate of drug-likeness (QED) is 0.382. The Morgan fingerprint density at radius 2 is 2.03 bits per heavy atom. The molecule has 0 saturated heterocycles. The zero-order chi connectivity index (χ0) is 20.9. The Labute approximate surface area is 179 Å². The molecule has 0 aliphatic heterocycles. The lowest BCUT2D eigenvalue weighted by Crippen LogP contribution is -2.18. The SMILES string of the molecule is COc1ccc(-c2nc(COC(=O)CCn3nc(-c4cccs4)oc3=O)cs2)cc1. The smallest absolute Gasteiger partial charge is 0.437 e. The molecule has 10 heteroatoms. The zero-order valence-electron chi connectivity index (χ0n) is 15.9. The third-order valence-electron chi connectivity index (χ3n) is 4.14. The summed E-state index contributed by atoms with van der Waals surface area (Å²) in [5.41, 5.74) is 1.63. The van der Waals surface area contributed by atoms with E-state index in [4.69, 9.17) is 13.9 Å². The van der Waals surface area contributed by atoms with Crippen LogP contribution in [0.1, 0.15) is 12.1 Å². The summed E-state index contributed by atoms with van der Waals surface area (Å²) in [5.74, 6) is -0.0218. The second-order valence-electron chi connectivity index (χ2n) is 6.16. The van der Waals surface area contributed by atoms with Gasteiger partial charge in [-0.1, -0.05) is 6.07 Å². The summed E-state index contributed by atoms with van der Waals surface area (Å²) in [5, 5.41) is 8.66. The van der Waals surface area contributed by atoms with E-state index in [0.717, 1.165) is 25.9 Å². The minimum atomic E-state index is -0.602. The maximum Gasteiger partial charge on any atom is 0.437 e. The predicted octanol–water partition coefficient (Wildman–Crippen LogP) is 3.83. The summed E-state index contributed by atoms with van der Waals surface area (Å²) >= 11 is 2.89. The van der Waals surface area contributed by atoms with Crippen LogP contribution in [0.15, 0.2) is 56.4 Å². The molecule has 0 spiro atoms. The van der Waals surface area contributed by atoms with E-state index in [1.807, 2.05) is 47.2 Å². The van der Waals surface area contributed by atoms with E-state index in [9.17, 15) is 9.59 Å². The third kappa shape index (κ3) is 4.66. The lowest BCUT2D eigenvalue weighted by atomic mass is 10.2. The highest BCUT2D eigenvalue weighted by Gasteiger charge is 2.13. The molecule has 0 N–H and O–H groups in total. The molecule has 8 nitrogen and oxygen atoms in total. The average molecular weight is 444 g/mol. The molecular weight excluding hydrogens is 426 g/mol. The number of thiazole rings is 1. The van der Waals surface area contributed by atoms with Gasteiger partial charge < -0.3 is 13.9 Å². The van der Waals surface area contributed by atoms with Gasteiger partial charge in [0, 0.05) is 10.9 Å². The first-order valence-electron chi connectivity index (χ1n) is 8.98. The molecular formula is C20H17N3O5S2. The Morgan fingerprint density at radius 3 is 2.77 bits per heavy atom. The normalized spacial score (nSPS) is 10.8. The number of aromatic nitrogens is 3. The molecule has 0 fully saturated rings. The van der Waals surface area contributed by atoms with Crippen molar-refractivity contribution >= 4 is 28.6 Å². The van der Waals surface area contributed by atoms with Crippen LogP contribution in [0.25, 0.3) is 21.3 Å². The fraction of sp³-hybridized carbons (Fsp3) is 0.200. The van der Waals surface area contributed by atoms with Gasteiger partial charge >= 0.3 is 11.7 Å². The van der Waals surface area contributed by atoms with Crippen LogP contribution in [0.3, 0.4) is 0 Å². The van der Waals surface area contributed by atoms with Crippen molar-refractivity contribution in [3.63, 3.8) is 0 Å². The first-order valence-corrected chi connectivity index (χ1v) is 10.7. The number of methoxy groups -OCH3 is 1. The largest absolute Gasteiger partial charge is 0.497 e. The summed E-state index contributed by atoms with van der Waals surface area (Å²) in [4.78, 5) is 29.2. The van der Waals surface area contributed by atoms with E-state index >= 15 is 0 Å². The number of esters is 1. The Hall–Kier alpha value is -3.24. The monoisotopic (exact) mass is 443 g/mol. The van der Waals surface area contributed by atoms with Crippen LogP contribution in [-0.2, 0) is 22.7 Å². The maximum absolute atomic E-state index is 12.1. The van der Waals surface area contributed by atoms with Gasteiger partial charge in [0.1, 0.15) is 17.4 Å². The number of ether oxygens (including phenoxy) is 2. The Balaban J connectivity index is 1.29. The average Bonchev–Trinajstić information content (AvgIpc) is 3.52. The Bertz CT molecular complexity index is 1180. The van der Waals surface area contributed by atoms with Crippen molar-refractivity contribution in [1.29, 1.82) is 0 Å². The van der Waals surface area contributed by atoms with Gasteiger partial charge in [-0.3, -0.25) is 4.79 Å².